The van der Waals surface area contributed by atoms with E-state index in [1.807, 2.05) is 0 Å². The van der Waals surface area contributed by atoms with Crippen LogP contribution < -0.4 is 10.0 Å². The van der Waals surface area contributed by atoms with Crippen LogP contribution in [0, 0.1) is 0 Å². The molecule has 140 valence electrons. The third-order valence-electron chi connectivity index (χ3n) is 3.74. The molecule has 1 unspecified atom stereocenters. The van der Waals surface area contributed by atoms with Crippen LogP contribution in [0.1, 0.15) is 30.5 Å². The van der Waals surface area contributed by atoms with Crippen LogP contribution in [0.3, 0.4) is 0 Å². The standard InChI is InChI=1S/C18H20Cl2N2O3S/c1-12(15-5-3-4-6-17(15)22-26(2,24)25)21-18(23)10-8-13-7-9-14(19)11-16(13)20/h3-7,9,11-12,22H,8,10H2,1-2H3,(H,21,23). The Morgan fingerprint density at radius 3 is 2.50 bits per heavy atom. The van der Waals surface area contributed by atoms with E-state index in [1.165, 1.54) is 0 Å². The summed E-state index contributed by atoms with van der Waals surface area (Å²) < 4.78 is 25.5. The van der Waals surface area contributed by atoms with Gasteiger partial charge in [0.25, 0.3) is 0 Å². The van der Waals surface area contributed by atoms with Gasteiger partial charge in [0.05, 0.1) is 18.0 Å². The van der Waals surface area contributed by atoms with Gasteiger partial charge in [-0.15, -0.1) is 0 Å². The lowest BCUT2D eigenvalue weighted by Gasteiger charge is -2.18. The predicted octanol–water partition coefficient (Wildman–Crippen LogP) is 4.17. The Morgan fingerprint density at radius 1 is 1.15 bits per heavy atom. The number of hydrogen-bond acceptors (Lipinski definition) is 3. The number of rotatable bonds is 7. The highest BCUT2D eigenvalue weighted by Crippen LogP contribution is 2.24. The highest BCUT2D eigenvalue weighted by atomic mass is 35.5. The molecule has 0 aromatic heterocycles. The lowest BCUT2D eigenvalue weighted by Crippen LogP contribution is -2.27. The van der Waals surface area contributed by atoms with Crippen LogP contribution in [0.25, 0.3) is 0 Å². The van der Waals surface area contributed by atoms with E-state index >= 15 is 0 Å². The number of nitrogens with one attached hydrogen (secondary N) is 2. The normalized spacial score (nSPS) is 12.5. The summed E-state index contributed by atoms with van der Waals surface area (Å²) in [4.78, 5) is 12.3. The van der Waals surface area contributed by atoms with E-state index < -0.39 is 10.0 Å². The number of amides is 1. The highest BCUT2D eigenvalue weighted by molar-refractivity contribution is 7.92. The molecule has 5 nitrogen and oxygen atoms in total. The maximum Gasteiger partial charge on any atom is 0.229 e. The first-order valence-electron chi connectivity index (χ1n) is 7.95. The van der Waals surface area contributed by atoms with Crippen molar-refractivity contribution < 1.29 is 13.2 Å². The molecule has 1 amide bonds. The van der Waals surface area contributed by atoms with Gasteiger partial charge in [0.1, 0.15) is 0 Å². The zero-order valence-electron chi connectivity index (χ0n) is 14.4. The van der Waals surface area contributed by atoms with Gasteiger partial charge < -0.3 is 5.32 Å². The van der Waals surface area contributed by atoms with Crippen molar-refractivity contribution in [2.24, 2.45) is 0 Å². The van der Waals surface area contributed by atoms with E-state index in [-0.39, 0.29) is 18.4 Å². The average Bonchev–Trinajstić information content (AvgIpc) is 2.53. The zero-order valence-corrected chi connectivity index (χ0v) is 16.8. The van der Waals surface area contributed by atoms with Gasteiger partial charge >= 0.3 is 0 Å². The van der Waals surface area contributed by atoms with Crippen molar-refractivity contribution in [3.8, 4) is 0 Å². The van der Waals surface area contributed by atoms with Gasteiger partial charge in [-0.05, 0) is 42.7 Å². The summed E-state index contributed by atoms with van der Waals surface area (Å²) in [6.07, 6.45) is 1.83. The number of benzene rings is 2. The first kappa shape index (κ1) is 20.6. The molecule has 0 aliphatic rings. The van der Waals surface area contributed by atoms with Crippen LogP contribution in [0.15, 0.2) is 42.5 Å². The molecule has 0 spiro atoms. The van der Waals surface area contributed by atoms with Crippen molar-refractivity contribution in [2.45, 2.75) is 25.8 Å². The number of sulfonamides is 1. The van der Waals surface area contributed by atoms with Crippen LogP contribution in [0.5, 0.6) is 0 Å². The molecule has 0 heterocycles. The van der Waals surface area contributed by atoms with Gasteiger partial charge in [-0.3, -0.25) is 9.52 Å². The molecule has 0 saturated heterocycles. The highest BCUT2D eigenvalue weighted by Gasteiger charge is 2.15. The van der Waals surface area contributed by atoms with E-state index in [0.717, 1.165) is 11.8 Å². The maximum absolute atomic E-state index is 12.3. The number of hydrogen-bond donors (Lipinski definition) is 2. The summed E-state index contributed by atoms with van der Waals surface area (Å²) in [5.41, 5.74) is 1.98. The molecule has 2 aromatic rings. The van der Waals surface area contributed by atoms with Gasteiger partial charge in [0.2, 0.25) is 15.9 Å². The maximum atomic E-state index is 12.3. The minimum Gasteiger partial charge on any atom is -0.349 e. The summed E-state index contributed by atoms with van der Waals surface area (Å²) in [6.45, 7) is 1.80. The quantitative estimate of drug-likeness (QED) is 0.713. The number of carbonyl (C=O) groups excluding carboxylic acids is 1. The average molecular weight is 415 g/mol. The molecule has 0 aliphatic heterocycles. The van der Waals surface area contributed by atoms with E-state index in [0.29, 0.717) is 27.7 Å². The monoisotopic (exact) mass is 414 g/mol. The lowest BCUT2D eigenvalue weighted by molar-refractivity contribution is -0.121. The fourth-order valence-electron chi connectivity index (χ4n) is 2.53. The summed E-state index contributed by atoms with van der Waals surface area (Å²) in [7, 11) is -3.40. The fourth-order valence-corrected chi connectivity index (χ4v) is 3.62. The number of halogens is 2. The lowest BCUT2D eigenvalue weighted by atomic mass is 10.1. The second-order valence-corrected chi connectivity index (χ2v) is 8.58. The smallest absolute Gasteiger partial charge is 0.229 e. The molecule has 2 N–H and O–H groups in total. The SMILES string of the molecule is CC(NC(=O)CCc1ccc(Cl)cc1Cl)c1ccccc1NS(C)(=O)=O. The van der Waals surface area contributed by atoms with Crippen molar-refractivity contribution >= 4 is 44.8 Å². The molecule has 0 fully saturated rings. The molecule has 1 atom stereocenters. The van der Waals surface area contributed by atoms with E-state index in [2.05, 4.69) is 10.0 Å². The Kier molecular flexibility index (Phi) is 6.92. The number of aryl methyl sites for hydroxylation is 1. The summed E-state index contributed by atoms with van der Waals surface area (Å²) in [5.74, 6) is -0.155. The number of carbonyl (C=O) groups is 1. The van der Waals surface area contributed by atoms with Gasteiger partial charge in [-0.25, -0.2) is 8.42 Å². The Hall–Kier alpha value is -1.76. The number of anilines is 1. The Morgan fingerprint density at radius 2 is 1.85 bits per heavy atom. The third-order valence-corrected chi connectivity index (χ3v) is 4.91. The van der Waals surface area contributed by atoms with Gasteiger partial charge in [0, 0.05) is 16.5 Å². The van der Waals surface area contributed by atoms with Crippen molar-refractivity contribution in [2.75, 3.05) is 11.0 Å². The van der Waals surface area contributed by atoms with Crippen LogP contribution in [0.2, 0.25) is 10.0 Å². The fraction of sp³-hybridized carbons (Fsp3) is 0.278. The molecule has 8 heteroatoms. The first-order chi connectivity index (χ1) is 12.2. The van der Waals surface area contributed by atoms with Crippen LogP contribution in [0.4, 0.5) is 5.69 Å². The Bertz CT molecular complexity index is 901. The van der Waals surface area contributed by atoms with Crippen LogP contribution in [-0.4, -0.2) is 20.6 Å². The Balaban J connectivity index is 2.01. The van der Waals surface area contributed by atoms with E-state index in [1.54, 1.807) is 49.4 Å². The van der Waals surface area contributed by atoms with Crippen LogP contribution >= 0.6 is 23.2 Å². The molecular formula is C18H20Cl2N2O3S. The van der Waals surface area contributed by atoms with E-state index in [9.17, 15) is 13.2 Å². The molecule has 0 radical (unpaired) electrons. The zero-order chi connectivity index (χ0) is 19.3. The molecule has 0 aliphatic carbocycles. The summed E-state index contributed by atoms with van der Waals surface area (Å²) in [6, 6.07) is 11.8. The third kappa shape index (κ3) is 6.20. The van der Waals surface area contributed by atoms with Crippen molar-refractivity contribution in [3.05, 3.63) is 63.6 Å². The van der Waals surface area contributed by atoms with Crippen molar-refractivity contribution in [1.29, 1.82) is 0 Å². The van der Waals surface area contributed by atoms with Crippen molar-refractivity contribution in [1.82, 2.24) is 5.32 Å². The van der Waals surface area contributed by atoms with Crippen molar-refractivity contribution in [3.63, 3.8) is 0 Å². The minimum absolute atomic E-state index is 0.155. The second kappa shape index (κ2) is 8.75. The molecule has 2 rings (SSSR count). The molecule has 26 heavy (non-hydrogen) atoms. The first-order valence-corrected chi connectivity index (χ1v) is 10.6. The summed E-state index contributed by atoms with van der Waals surface area (Å²) in [5, 5.41) is 3.96. The van der Waals surface area contributed by atoms with Gasteiger partial charge in [0.15, 0.2) is 0 Å². The molecule has 2 aromatic carbocycles. The predicted molar refractivity (Wildman–Crippen MR) is 106 cm³/mol. The molecule has 0 bridgehead atoms. The Labute approximate surface area is 163 Å². The van der Waals surface area contributed by atoms with Crippen LogP contribution in [-0.2, 0) is 21.2 Å². The second-order valence-electron chi connectivity index (χ2n) is 5.99. The topological polar surface area (TPSA) is 75.3 Å². The number of para-hydroxylation sites is 1. The largest absolute Gasteiger partial charge is 0.349 e. The molecular weight excluding hydrogens is 395 g/mol. The molecule has 0 saturated carbocycles. The van der Waals surface area contributed by atoms with Gasteiger partial charge in [-0.1, -0.05) is 47.5 Å². The minimum atomic E-state index is -3.40. The van der Waals surface area contributed by atoms with E-state index in [4.69, 9.17) is 23.2 Å². The van der Waals surface area contributed by atoms with Gasteiger partial charge in [-0.2, -0.15) is 0 Å². The summed E-state index contributed by atoms with van der Waals surface area (Å²) >= 11 is 12.0.